The summed E-state index contributed by atoms with van der Waals surface area (Å²) in [6.07, 6.45) is 2.78. The lowest BCUT2D eigenvalue weighted by Gasteiger charge is -2.19. The summed E-state index contributed by atoms with van der Waals surface area (Å²) in [7, 11) is 0. The first-order valence-corrected chi connectivity index (χ1v) is 7.34. The second-order valence-corrected chi connectivity index (χ2v) is 5.20. The molecule has 0 saturated heterocycles. The molecule has 2 aromatic rings. The zero-order valence-electron chi connectivity index (χ0n) is 12.2. The van der Waals surface area contributed by atoms with Gasteiger partial charge in [-0.1, -0.05) is 36.4 Å². The summed E-state index contributed by atoms with van der Waals surface area (Å²) in [5.41, 5.74) is 8.24. The zero-order valence-corrected chi connectivity index (χ0v) is 12.2. The summed E-state index contributed by atoms with van der Waals surface area (Å²) in [6.45, 7) is 1.28. The molecule has 0 aliphatic heterocycles. The molecule has 0 bridgehead atoms. The lowest BCUT2D eigenvalue weighted by molar-refractivity contribution is 0.142. The van der Waals surface area contributed by atoms with Crippen molar-refractivity contribution >= 4 is 0 Å². The number of aliphatic hydroxyl groups excluding tert-OH is 1. The second-order valence-electron chi connectivity index (χ2n) is 5.20. The molecular formula is C17H23N3O. The topological polar surface area (TPSA) is 71.2 Å². The number of benzene rings is 1. The van der Waals surface area contributed by atoms with Crippen molar-refractivity contribution < 1.29 is 5.11 Å². The smallest absolute Gasteiger partial charge is 0.0818 e. The third-order valence-corrected chi connectivity index (χ3v) is 3.45. The Hall–Kier alpha value is -1.75. The summed E-state index contributed by atoms with van der Waals surface area (Å²) < 4.78 is 0. The zero-order chi connectivity index (χ0) is 14.9. The van der Waals surface area contributed by atoms with Crippen LogP contribution in [0.2, 0.25) is 0 Å². The number of nitrogens with two attached hydrogens (primary N) is 1. The van der Waals surface area contributed by atoms with Crippen LogP contribution in [0.5, 0.6) is 0 Å². The van der Waals surface area contributed by atoms with Crippen LogP contribution in [0.1, 0.15) is 11.3 Å². The van der Waals surface area contributed by atoms with Gasteiger partial charge in [0.1, 0.15) is 0 Å². The van der Waals surface area contributed by atoms with Gasteiger partial charge in [-0.3, -0.25) is 4.98 Å². The maximum atomic E-state index is 10.1. The molecule has 4 heteroatoms. The lowest BCUT2D eigenvalue weighted by Crippen LogP contribution is -2.43. The molecule has 1 heterocycles. The number of aromatic nitrogens is 1. The minimum Gasteiger partial charge on any atom is -0.390 e. The van der Waals surface area contributed by atoms with E-state index >= 15 is 0 Å². The molecule has 4 N–H and O–H groups in total. The van der Waals surface area contributed by atoms with Gasteiger partial charge in [0.25, 0.3) is 0 Å². The molecule has 1 aromatic carbocycles. The van der Waals surface area contributed by atoms with Crippen molar-refractivity contribution in [3.8, 4) is 0 Å². The van der Waals surface area contributed by atoms with Crippen molar-refractivity contribution in [2.24, 2.45) is 5.73 Å². The summed E-state index contributed by atoms with van der Waals surface area (Å²) in [5.74, 6) is 0. The van der Waals surface area contributed by atoms with Gasteiger partial charge in [0.2, 0.25) is 0 Å². The number of pyridine rings is 1. The van der Waals surface area contributed by atoms with Crippen molar-refractivity contribution in [3.63, 3.8) is 0 Å². The predicted molar refractivity (Wildman–Crippen MR) is 84.9 cm³/mol. The van der Waals surface area contributed by atoms with Crippen molar-refractivity contribution in [1.29, 1.82) is 0 Å². The normalized spacial score (nSPS) is 13.8. The highest BCUT2D eigenvalue weighted by atomic mass is 16.3. The van der Waals surface area contributed by atoms with Gasteiger partial charge in [0.15, 0.2) is 0 Å². The van der Waals surface area contributed by atoms with Gasteiger partial charge in [-0.2, -0.15) is 0 Å². The van der Waals surface area contributed by atoms with E-state index in [1.165, 1.54) is 0 Å². The fourth-order valence-electron chi connectivity index (χ4n) is 2.19. The minimum atomic E-state index is -0.547. The Morgan fingerprint density at radius 3 is 2.57 bits per heavy atom. The Balaban J connectivity index is 1.66. The van der Waals surface area contributed by atoms with E-state index in [2.05, 4.69) is 10.3 Å². The first-order valence-electron chi connectivity index (χ1n) is 7.34. The molecule has 2 atom stereocenters. The quantitative estimate of drug-likeness (QED) is 0.636. The number of nitrogens with one attached hydrogen (secondary N) is 1. The number of hydrogen-bond donors (Lipinski definition) is 3. The third kappa shape index (κ3) is 5.63. The third-order valence-electron chi connectivity index (χ3n) is 3.45. The SMILES string of the molecule is NC(Cc1ccccc1)C(O)CNCCc1ccccn1. The molecule has 0 amide bonds. The predicted octanol–water partition coefficient (Wildman–Crippen LogP) is 1.14. The molecule has 2 unspecified atom stereocenters. The van der Waals surface area contributed by atoms with E-state index in [-0.39, 0.29) is 6.04 Å². The Labute approximate surface area is 126 Å². The highest BCUT2D eigenvalue weighted by Crippen LogP contribution is 2.04. The Bertz CT molecular complexity index is 504. The van der Waals surface area contributed by atoms with E-state index in [4.69, 9.17) is 5.73 Å². The Morgan fingerprint density at radius 2 is 1.86 bits per heavy atom. The van der Waals surface area contributed by atoms with E-state index < -0.39 is 6.10 Å². The monoisotopic (exact) mass is 285 g/mol. The number of aliphatic hydroxyl groups is 1. The first-order chi connectivity index (χ1) is 10.3. The fourth-order valence-corrected chi connectivity index (χ4v) is 2.19. The van der Waals surface area contributed by atoms with Crippen LogP contribution in [0.4, 0.5) is 0 Å². The molecule has 0 spiro atoms. The Morgan fingerprint density at radius 1 is 1.10 bits per heavy atom. The Kier molecular flexibility index (Phi) is 6.34. The van der Waals surface area contributed by atoms with Crippen molar-refractivity contribution in [2.45, 2.75) is 25.0 Å². The van der Waals surface area contributed by atoms with Crippen LogP contribution >= 0.6 is 0 Å². The van der Waals surface area contributed by atoms with Crippen LogP contribution in [-0.2, 0) is 12.8 Å². The molecule has 4 nitrogen and oxygen atoms in total. The number of nitrogens with zero attached hydrogens (tertiary/aromatic N) is 1. The average molecular weight is 285 g/mol. The molecule has 2 rings (SSSR count). The molecule has 0 aliphatic carbocycles. The van der Waals surface area contributed by atoms with E-state index in [0.717, 1.165) is 24.2 Å². The van der Waals surface area contributed by atoms with Crippen molar-refractivity contribution in [1.82, 2.24) is 10.3 Å². The second kappa shape index (κ2) is 8.52. The van der Waals surface area contributed by atoms with Crippen LogP contribution in [0.15, 0.2) is 54.7 Å². The highest BCUT2D eigenvalue weighted by molar-refractivity contribution is 5.16. The van der Waals surface area contributed by atoms with Gasteiger partial charge in [-0.15, -0.1) is 0 Å². The average Bonchev–Trinajstić information content (AvgIpc) is 2.53. The van der Waals surface area contributed by atoms with E-state index in [9.17, 15) is 5.11 Å². The molecule has 21 heavy (non-hydrogen) atoms. The van der Waals surface area contributed by atoms with E-state index in [1.807, 2.05) is 48.5 Å². The van der Waals surface area contributed by atoms with Crippen molar-refractivity contribution in [3.05, 3.63) is 66.0 Å². The van der Waals surface area contributed by atoms with Gasteiger partial charge in [0, 0.05) is 37.4 Å². The summed E-state index contributed by atoms with van der Waals surface area (Å²) >= 11 is 0. The largest absolute Gasteiger partial charge is 0.390 e. The van der Waals surface area contributed by atoms with E-state index in [1.54, 1.807) is 6.20 Å². The molecular weight excluding hydrogens is 262 g/mol. The van der Waals surface area contributed by atoms with Gasteiger partial charge >= 0.3 is 0 Å². The van der Waals surface area contributed by atoms with Gasteiger partial charge in [0.05, 0.1) is 6.10 Å². The molecule has 0 radical (unpaired) electrons. The molecule has 0 fully saturated rings. The molecule has 1 aromatic heterocycles. The lowest BCUT2D eigenvalue weighted by atomic mass is 10.0. The van der Waals surface area contributed by atoms with Gasteiger partial charge in [-0.05, 0) is 24.1 Å². The minimum absolute atomic E-state index is 0.255. The maximum absolute atomic E-state index is 10.1. The number of hydrogen-bond acceptors (Lipinski definition) is 4. The van der Waals surface area contributed by atoms with Gasteiger partial charge < -0.3 is 16.2 Å². The van der Waals surface area contributed by atoms with Crippen LogP contribution in [-0.4, -0.2) is 35.3 Å². The highest BCUT2D eigenvalue weighted by Gasteiger charge is 2.14. The number of rotatable bonds is 8. The van der Waals surface area contributed by atoms with E-state index in [0.29, 0.717) is 13.0 Å². The molecule has 0 saturated carbocycles. The summed E-state index contributed by atoms with van der Waals surface area (Å²) in [6, 6.07) is 15.6. The molecule has 0 aliphatic rings. The van der Waals surface area contributed by atoms with Crippen LogP contribution in [0, 0.1) is 0 Å². The van der Waals surface area contributed by atoms with Crippen LogP contribution < -0.4 is 11.1 Å². The maximum Gasteiger partial charge on any atom is 0.0818 e. The van der Waals surface area contributed by atoms with Gasteiger partial charge in [-0.25, -0.2) is 0 Å². The fraction of sp³-hybridized carbons (Fsp3) is 0.353. The van der Waals surface area contributed by atoms with Crippen LogP contribution in [0.25, 0.3) is 0 Å². The molecule has 112 valence electrons. The van der Waals surface area contributed by atoms with Crippen molar-refractivity contribution in [2.75, 3.05) is 13.1 Å². The summed E-state index contributed by atoms with van der Waals surface area (Å²) in [5, 5.41) is 13.3. The van der Waals surface area contributed by atoms with Crippen LogP contribution in [0.3, 0.4) is 0 Å². The standard InChI is InChI=1S/C17H23N3O/c18-16(12-14-6-2-1-3-7-14)17(21)13-19-11-9-15-8-4-5-10-20-15/h1-8,10,16-17,19,21H,9,11-13,18H2. The summed E-state index contributed by atoms with van der Waals surface area (Å²) in [4.78, 5) is 4.26. The first kappa shape index (κ1) is 15.6.